The van der Waals surface area contributed by atoms with Crippen LogP contribution >= 0.6 is 34.8 Å². The normalized spacial score (nSPS) is 12.1. The highest BCUT2D eigenvalue weighted by Crippen LogP contribution is 2.33. The van der Waals surface area contributed by atoms with Gasteiger partial charge >= 0.3 is 0 Å². The second kappa shape index (κ2) is 11.3. The van der Waals surface area contributed by atoms with Gasteiger partial charge in [-0.1, -0.05) is 40.9 Å². The maximum atomic E-state index is 13.4. The molecular formula is C21H24Cl3N3O5S. The Bertz CT molecular complexity index is 1120. The van der Waals surface area contributed by atoms with E-state index in [1.807, 2.05) is 0 Å². The van der Waals surface area contributed by atoms with Crippen molar-refractivity contribution in [1.29, 1.82) is 0 Å². The van der Waals surface area contributed by atoms with E-state index in [2.05, 4.69) is 5.32 Å². The number of benzene rings is 2. The van der Waals surface area contributed by atoms with E-state index in [9.17, 15) is 18.0 Å². The van der Waals surface area contributed by atoms with Crippen molar-refractivity contribution in [2.45, 2.75) is 19.5 Å². The number of sulfonamides is 1. The number of carbonyl (C=O) groups is 2. The third-order valence-electron chi connectivity index (χ3n) is 4.89. The highest BCUT2D eigenvalue weighted by molar-refractivity contribution is 7.92. The molecule has 0 unspecified atom stereocenters. The minimum absolute atomic E-state index is 0.0872. The summed E-state index contributed by atoms with van der Waals surface area (Å²) in [6.45, 7) is 0.793. The SMILES string of the molecule is CNC(=O)[C@@H](C)N(Cc1c(Cl)cccc1Cl)C(=O)CN(c1cc(Cl)ccc1OC)S(C)(=O)=O. The highest BCUT2D eigenvalue weighted by Gasteiger charge is 2.31. The molecule has 0 saturated carbocycles. The van der Waals surface area contributed by atoms with Gasteiger partial charge in [0.25, 0.3) is 0 Å². The largest absolute Gasteiger partial charge is 0.495 e. The molecule has 2 rings (SSSR count). The van der Waals surface area contributed by atoms with Gasteiger partial charge in [-0.05, 0) is 37.3 Å². The maximum absolute atomic E-state index is 13.4. The quantitative estimate of drug-likeness (QED) is 0.528. The van der Waals surface area contributed by atoms with Gasteiger partial charge in [-0.3, -0.25) is 13.9 Å². The zero-order chi connectivity index (χ0) is 24.9. The molecule has 180 valence electrons. The Balaban J connectivity index is 2.51. The highest BCUT2D eigenvalue weighted by atomic mass is 35.5. The van der Waals surface area contributed by atoms with Gasteiger partial charge in [-0.15, -0.1) is 0 Å². The van der Waals surface area contributed by atoms with Gasteiger partial charge in [0.2, 0.25) is 21.8 Å². The van der Waals surface area contributed by atoms with Crippen LogP contribution < -0.4 is 14.4 Å². The van der Waals surface area contributed by atoms with Crippen molar-refractivity contribution in [3.05, 3.63) is 57.0 Å². The number of hydrogen-bond donors (Lipinski definition) is 1. The first-order valence-electron chi connectivity index (χ1n) is 9.65. The van der Waals surface area contributed by atoms with Crippen molar-refractivity contribution in [3.8, 4) is 5.75 Å². The summed E-state index contributed by atoms with van der Waals surface area (Å²) in [5.41, 5.74) is 0.514. The number of carbonyl (C=O) groups excluding carboxylic acids is 2. The Morgan fingerprint density at radius 2 is 1.73 bits per heavy atom. The molecule has 0 heterocycles. The van der Waals surface area contributed by atoms with Crippen LogP contribution in [0.1, 0.15) is 12.5 Å². The molecule has 0 fully saturated rings. The first kappa shape index (κ1) is 27.0. The standard InChI is InChI=1S/C21H24Cl3N3O5S/c1-13(21(29)25-2)26(11-15-16(23)6-5-7-17(15)24)20(28)12-27(33(4,30)31)18-10-14(22)8-9-19(18)32-3/h5-10,13H,11-12H2,1-4H3,(H,25,29)/t13-/m1/s1. The van der Waals surface area contributed by atoms with Crippen LogP contribution in [0.15, 0.2) is 36.4 Å². The minimum atomic E-state index is -3.94. The Morgan fingerprint density at radius 3 is 2.24 bits per heavy atom. The predicted octanol–water partition coefficient (Wildman–Crippen LogP) is 3.58. The lowest BCUT2D eigenvalue weighted by molar-refractivity contribution is -0.139. The Kier molecular flexibility index (Phi) is 9.25. The van der Waals surface area contributed by atoms with E-state index < -0.39 is 34.4 Å². The second-order valence-corrected chi connectivity index (χ2v) is 10.3. The molecule has 0 aromatic heterocycles. The van der Waals surface area contributed by atoms with Crippen molar-refractivity contribution < 1.29 is 22.7 Å². The fraction of sp³-hybridized carbons (Fsp3) is 0.333. The number of methoxy groups -OCH3 is 1. The first-order valence-corrected chi connectivity index (χ1v) is 12.6. The summed E-state index contributed by atoms with van der Waals surface area (Å²) in [4.78, 5) is 27.0. The van der Waals surface area contributed by atoms with Gasteiger partial charge < -0.3 is 15.0 Å². The third-order valence-corrected chi connectivity index (χ3v) is 6.96. The van der Waals surface area contributed by atoms with Crippen LogP contribution in [0.4, 0.5) is 5.69 Å². The number of rotatable bonds is 9. The summed E-state index contributed by atoms with van der Waals surface area (Å²) in [6, 6.07) is 8.33. The lowest BCUT2D eigenvalue weighted by Gasteiger charge is -2.32. The molecule has 1 atom stereocenters. The second-order valence-electron chi connectivity index (χ2n) is 7.10. The number of anilines is 1. The monoisotopic (exact) mass is 535 g/mol. The number of likely N-dealkylation sites (N-methyl/N-ethyl adjacent to an activating group) is 1. The molecule has 0 bridgehead atoms. The zero-order valence-electron chi connectivity index (χ0n) is 18.4. The smallest absolute Gasteiger partial charge is 0.244 e. The summed E-state index contributed by atoms with van der Waals surface area (Å²) in [7, 11) is -1.14. The van der Waals surface area contributed by atoms with Crippen molar-refractivity contribution in [3.63, 3.8) is 0 Å². The van der Waals surface area contributed by atoms with E-state index in [0.717, 1.165) is 10.6 Å². The summed E-state index contributed by atoms with van der Waals surface area (Å²) < 4.78 is 31.4. The molecule has 0 spiro atoms. The molecule has 8 nitrogen and oxygen atoms in total. The minimum Gasteiger partial charge on any atom is -0.495 e. The first-order chi connectivity index (χ1) is 15.4. The van der Waals surface area contributed by atoms with Gasteiger partial charge in [0, 0.05) is 34.2 Å². The van der Waals surface area contributed by atoms with Gasteiger partial charge in [0.15, 0.2) is 0 Å². The van der Waals surface area contributed by atoms with E-state index in [-0.39, 0.29) is 23.0 Å². The molecule has 33 heavy (non-hydrogen) atoms. The van der Waals surface area contributed by atoms with Gasteiger partial charge in [0.05, 0.1) is 19.1 Å². The third kappa shape index (κ3) is 6.66. The number of amides is 2. The molecule has 0 aliphatic carbocycles. The van der Waals surface area contributed by atoms with Crippen LogP contribution in [0, 0.1) is 0 Å². The molecular weight excluding hydrogens is 513 g/mol. The Labute approximate surface area is 208 Å². The summed E-state index contributed by atoms with van der Waals surface area (Å²) in [5, 5.41) is 3.36. The molecule has 0 aliphatic rings. The molecule has 1 N–H and O–H groups in total. The van der Waals surface area contributed by atoms with Crippen molar-refractivity contribution in [2.24, 2.45) is 0 Å². The maximum Gasteiger partial charge on any atom is 0.244 e. The topological polar surface area (TPSA) is 96.0 Å². The Hall–Kier alpha value is -2.20. The van der Waals surface area contributed by atoms with E-state index >= 15 is 0 Å². The molecule has 2 amide bonds. The zero-order valence-corrected chi connectivity index (χ0v) is 21.5. The van der Waals surface area contributed by atoms with Crippen LogP contribution in [-0.4, -0.2) is 58.1 Å². The van der Waals surface area contributed by atoms with Crippen molar-refractivity contribution in [2.75, 3.05) is 31.3 Å². The number of nitrogens with one attached hydrogen (secondary N) is 1. The number of hydrogen-bond acceptors (Lipinski definition) is 5. The van der Waals surface area contributed by atoms with Crippen molar-refractivity contribution in [1.82, 2.24) is 10.2 Å². The van der Waals surface area contributed by atoms with Crippen LogP contribution in [0.2, 0.25) is 15.1 Å². The van der Waals surface area contributed by atoms with E-state index in [0.29, 0.717) is 15.6 Å². The average Bonchev–Trinajstić information content (AvgIpc) is 2.75. The van der Waals surface area contributed by atoms with Crippen LogP contribution in [0.5, 0.6) is 5.75 Å². The number of ether oxygens (including phenoxy) is 1. The van der Waals surface area contributed by atoms with E-state index in [1.54, 1.807) is 18.2 Å². The summed E-state index contributed by atoms with van der Waals surface area (Å²) in [6.07, 6.45) is 0.956. The van der Waals surface area contributed by atoms with Gasteiger partial charge in [-0.2, -0.15) is 0 Å². The van der Waals surface area contributed by atoms with Crippen LogP contribution in [0.25, 0.3) is 0 Å². The fourth-order valence-corrected chi connectivity index (χ4v) is 4.63. The summed E-state index contributed by atoms with van der Waals surface area (Å²) in [5.74, 6) is -0.898. The number of halogens is 3. The molecule has 2 aromatic carbocycles. The average molecular weight is 537 g/mol. The fourth-order valence-electron chi connectivity index (χ4n) is 3.10. The molecule has 12 heteroatoms. The summed E-state index contributed by atoms with van der Waals surface area (Å²) >= 11 is 18.6. The van der Waals surface area contributed by atoms with Crippen LogP contribution in [0.3, 0.4) is 0 Å². The molecule has 0 saturated heterocycles. The van der Waals surface area contributed by atoms with E-state index in [1.165, 1.54) is 44.2 Å². The van der Waals surface area contributed by atoms with Gasteiger partial charge in [0.1, 0.15) is 18.3 Å². The number of nitrogens with zero attached hydrogens (tertiary/aromatic N) is 2. The molecule has 0 radical (unpaired) electrons. The van der Waals surface area contributed by atoms with Crippen LogP contribution in [-0.2, 0) is 26.2 Å². The molecule has 2 aromatic rings. The van der Waals surface area contributed by atoms with Gasteiger partial charge in [-0.25, -0.2) is 8.42 Å². The van der Waals surface area contributed by atoms with Crippen molar-refractivity contribution >= 4 is 62.3 Å². The molecule has 0 aliphatic heterocycles. The predicted molar refractivity (Wildman–Crippen MR) is 131 cm³/mol. The Morgan fingerprint density at radius 1 is 1.12 bits per heavy atom. The lowest BCUT2D eigenvalue weighted by Crippen LogP contribution is -2.50. The lowest BCUT2D eigenvalue weighted by atomic mass is 10.1. The van der Waals surface area contributed by atoms with E-state index in [4.69, 9.17) is 39.5 Å².